The van der Waals surface area contributed by atoms with E-state index in [2.05, 4.69) is 37.5 Å². The number of hydrogen-bond acceptors (Lipinski definition) is 9. The van der Waals surface area contributed by atoms with Crippen LogP contribution in [0.3, 0.4) is 0 Å². The third-order valence-corrected chi connectivity index (χ3v) is 8.60. The summed E-state index contributed by atoms with van der Waals surface area (Å²) < 4.78 is 11.4. The molecule has 0 radical (unpaired) electrons. The van der Waals surface area contributed by atoms with Crippen molar-refractivity contribution in [1.29, 1.82) is 0 Å². The second-order valence-corrected chi connectivity index (χ2v) is 12.7. The van der Waals surface area contributed by atoms with Gasteiger partial charge in [-0.3, -0.25) is 19.2 Å². The Hall–Kier alpha value is -4.14. The number of anilines is 3. The maximum atomic E-state index is 13.1. The monoisotopic (exact) mass is 765 g/mol. The lowest BCUT2D eigenvalue weighted by atomic mass is 10.1. The molecule has 0 saturated carbocycles. The molecule has 1 atom stereocenters. The minimum atomic E-state index is -0.603. The van der Waals surface area contributed by atoms with Gasteiger partial charge in [0, 0.05) is 60.7 Å². The van der Waals surface area contributed by atoms with E-state index in [4.69, 9.17) is 9.47 Å². The zero-order valence-corrected chi connectivity index (χ0v) is 30.3. The number of carbonyl (C=O) groups is 2. The summed E-state index contributed by atoms with van der Waals surface area (Å²) >= 11 is 0. The molecule has 1 aliphatic rings. The molecule has 2 aromatic carbocycles. The number of carbonyl (C=O) groups excluding carboxylic acids is 2. The van der Waals surface area contributed by atoms with Crippen molar-refractivity contribution in [2.24, 2.45) is 5.92 Å². The molecule has 1 fully saturated rings. The minimum Gasteiger partial charge on any atom is -1.00 e. The number of ether oxygens (including phenoxy) is 2. The van der Waals surface area contributed by atoms with Gasteiger partial charge in [0.15, 0.2) is 0 Å². The van der Waals surface area contributed by atoms with Gasteiger partial charge >= 0.3 is 6.16 Å². The highest BCUT2D eigenvalue weighted by atomic mass is 127. The number of amides is 1. The Morgan fingerprint density at radius 3 is 2.44 bits per heavy atom. The fourth-order valence-electron chi connectivity index (χ4n) is 5.08. The number of likely N-dealkylation sites (N-methyl/N-ethyl adjacent to an activating group) is 1. The Labute approximate surface area is 299 Å². The molecule has 1 aliphatic heterocycles. The molecule has 11 nitrogen and oxygen atoms in total. The largest absolute Gasteiger partial charge is 1.00 e. The van der Waals surface area contributed by atoms with E-state index in [1.165, 1.54) is 0 Å². The molecule has 254 valence electrons. The van der Waals surface area contributed by atoms with Gasteiger partial charge in [-0.05, 0) is 73.4 Å². The SMILES string of the molecule is Cc1ccc(NC(=O)c2ccc(CN3CC[N+](C)(COC(=O)OC(C)C(C)C)CC3)cc2)cc1Nc1nccc(-c2cccnc2)n1.[I-]. The lowest BCUT2D eigenvalue weighted by Crippen LogP contribution is -3.00. The Morgan fingerprint density at radius 1 is 1.00 bits per heavy atom. The minimum absolute atomic E-state index is 0. The van der Waals surface area contributed by atoms with Crippen molar-refractivity contribution in [3.8, 4) is 11.3 Å². The van der Waals surface area contributed by atoms with E-state index in [-0.39, 0.29) is 41.9 Å². The summed E-state index contributed by atoms with van der Waals surface area (Å²) in [6, 6.07) is 19.1. The first-order valence-electron chi connectivity index (χ1n) is 16.0. The summed E-state index contributed by atoms with van der Waals surface area (Å²) in [6.07, 6.45) is 4.41. The van der Waals surface area contributed by atoms with Crippen molar-refractivity contribution in [3.05, 3.63) is 95.9 Å². The van der Waals surface area contributed by atoms with E-state index in [1.54, 1.807) is 18.6 Å². The van der Waals surface area contributed by atoms with Gasteiger partial charge in [0.25, 0.3) is 5.91 Å². The van der Waals surface area contributed by atoms with Crippen LogP contribution in [-0.2, 0) is 16.0 Å². The third kappa shape index (κ3) is 10.2. The Bertz CT molecular complexity index is 1660. The normalized spacial score (nSPS) is 14.8. The highest BCUT2D eigenvalue weighted by molar-refractivity contribution is 6.04. The lowest BCUT2D eigenvalue weighted by molar-refractivity contribution is -0.929. The number of aryl methyl sites for hydroxylation is 1. The van der Waals surface area contributed by atoms with Crippen molar-refractivity contribution < 1.29 is 47.5 Å². The highest BCUT2D eigenvalue weighted by Crippen LogP contribution is 2.25. The molecule has 3 heterocycles. The first-order valence-corrected chi connectivity index (χ1v) is 16.0. The van der Waals surface area contributed by atoms with Crippen LogP contribution < -0.4 is 34.6 Å². The summed E-state index contributed by atoms with van der Waals surface area (Å²) in [6.45, 7) is 12.4. The van der Waals surface area contributed by atoms with Crippen molar-refractivity contribution in [2.45, 2.75) is 40.3 Å². The van der Waals surface area contributed by atoms with Crippen molar-refractivity contribution in [2.75, 3.05) is 50.6 Å². The molecule has 2 aromatic heterocycles. The van der Waals surface area contributed by atoms with Crippen LogP contribution in [0.15, 0.2) is 79.3 Å². The van der Waals surface area contributed by atoms with Gasteiger partial charge in [-0.25, -0.2) is 14.8 Å². The number of quaternary nitrogens is 1. The lowest BCUT2D eigenvalue weighted by Gasteiger charge is -2.41. The van der Waals surface area contributed by atoms with Crippen LogP contribution in [0, 0.1) is 12.8 Å². The fourth-order valence-corrected chi connectivity index (χ4v) is 5.08. The first kappa shape index (κ1) is 36.7. The number of nitrogens with zero attached hydrogens (tertiary/aromatic N) is 5. The standard InChI is InChI=1S/C36H43N7O4.HI/c1-25(2)27(4)47-36(45)46-24-43(5)19-17-42(18-20-43)23-28-9-11-29(12-10-28)34(44)39-31-13-8-26(3)33(21-31)41-35-38-16-14-32(40-35)30-7-6-15-37-22-30;/h6-16,21-22,25,27H,17-20,23-24H2,1-5H3,(H-,38,39,40,41,44);1H. The van der Waals surface area contributed by atoms with Crippen molar-refractivity contribution >= 4 is 29.4 Å². The van der Waals surface area contributed by atoms with Crippen molar-refractivity contribution in [3.63, 3.8) is 0 Å². The van der Waals surface area contributed by atoms with E-state index in [0.29, 0.717) is 28.4 Å². The smallest absolute Gasteiger partial charge is 0.512 e. The quantitative estimate of drug-likeness (QED) is 0.135. The maximum Gasteiger partial charge on any atom is 0.512 e. The van der Waals surface area contributed by atoms with Crippen LogP contribution in [0.4, 0.5) is 22.1 Å². The number of benzene rings is 2. The molecule has 5 rings (SSSR count). The van der Waals surface area contributed by atoms with Gasteiger partial charge in [0.05, 0.1) is 25.8 Å². The van der Waals surface area contributed by atoms with Gasteiger partial charge in [-0.2, -0.15) is 0 Å². The Morgan fingerprint density at radius 2 is 1.75 bits per heavy atom. The number of piperazine rings is 1. The fraction of sp³-hybridized carbons (Fsp3) is 0.361. The number of hydrogen-bond donors (Lipinski definition) is 2. The zero-order chi connectivity index (χ0) is 33.4. The molecule has 12 heteroatoms. The zero-order valence-electron chi connectivity index (χ0n) is 28.1. The topological polar surface area (TPSA) is 119 Å². The Balaban J connectivity index is 0.00000520. The summed E-state index contributed by atoms with van der Waals surface area (Å²) in [5, 5.41) is 6.29. The van der Waals surface area contributed by atoms with E-state index in [9.17, 15) is 9.59 Å². The highest BCUT2D eigenvalue weighted by Gasteiger charge is 2.30. The predicted octanol–water partition coefficient (Wildman–Crippen LogP) is 3.26. The van der Waals surface area contributed by atoms with Gasteiger partial charge in [0.2, 0.25) is 12.7 Å². The molecule has 4 aromatic rings. The molecule has 0 aliphatic carbocycles. The Kier molecular flexibility index (Phi) is 12.8. The van der Waals surface area contributed by atoms with Crippen LogP contribution in [0.2, 0.25) is 0 Å². The number of pyridine rings is 1. The molecular formula is C36H44IN7O4. The summed E-state index contributed by atoms with van der Waals surface area (Å²) in [5.74, 6) is 0.511. The van der Waals surface area contributed by atoms with Crippen LogP contribution in [0.5, 0.6) is 0 Å². The molecular weight excluding hydrogens is 721 g/mol. The second kappa shape index (κ2) is 16.8. The van der Waals surface area contributed by atoms with E-state index in [0.717, 1.165) is 60.8 Å². The second-order valence-electron chi connectivity index (χ2n) is 12.7. The number of nitrogens with one attached hydrogen (secondary N) is 2. The molecule has 1 unspecified atom stereocenters. The summed E-state index contributed by atoms with van der Waals surface area (Å²) in [4.78, 5) is 40.7. The number of halogens is 1. The first-order chi connectivity index (χ1) is 22.6. The van der Waals surface area contributed by atoms with E-state index < -0.39 is 6.16 Å². The van der Waals surface area contributed by atoms with Crippen LogP contribution in [0.25, 0.3) is 11.3 Å². The molecule has 1 amide bonds. The maximum absolute atomic E-state index is 13.1. The number of aromatic nitrogens is 3. The average molecular weight is 766 g/mol. The summed E-state index contributed by atoms with van der Waals surface area (Å²) in [7, 11) is 2.10. The third-order valence-electron chi connectivity index (χ3n) is 8.60. The molecule has 1 saturated heterocycles. The molecule has 0 spiro atoms. The molecule has 48 heavy (non-hydrogen) atoms. The average Bonchev–Trinajstić information content (AvgIpc) is 3.07. The molecule has 2 N–H and O–H groups in total. The number of rotatable bonds is 11. The van der Waals surface area contributed by atoms with E-state index >= 15 is 0 Å². The van der Waals surface area contributed by atoms with Crippen molar-refractivity contribution in [1.82, 2.24) is 19.9 Å². The molecule has 0 bridgehead atoms. The van der Waals surface area contributed by atoms with Gasteiger partial charge in [-0.15, -0.1) is 0 Å². The van der Waals surface area contributed by atoms with Crippen LogP contribution >= 0.6 is 0 Å². The predicted molar refractivity (Wildman–Crippen MR) is 182 cm³/mol. The van der Waals surface area contributed by atoms with Gasteiger partial charge in [0.1, 0.15) is 6.10 Å². The summed E-state index contributed by atoms with van der Waals surface area (Å²) in [5.41, 5.74) is 5.83. The van der Waals surface area contributed by atoms with Gasteiger partial charge in [-0.1, -0.05) is 32.0 Å². The van der Waals surface area contributed by atoms with Crippen LogP contribution in [-0.4, -0.2) is 82.5 Å². The van der Waals surface area contributed by atoms with Crippen LogP contribution in [0.1, 0.15) is 42.3 Å². The van der Waals surface area contributed by atoms with E-state index in [1.807, 2.05) is 88.4 Å². The van der Waals surface area contributed by atoms with Gasteiger partial charge < -0.3 is 44.1 Å².